The molecule has 1 heterocycles. The highest BCUT2D eigenvalue weighted by atomic mass is 19.1. The molecule has 150 valence electrons. The number of nitrogens with one attached hydrogen (secondary N) is 2. The first kappa shape index (κ1) is 20.8. The molecule has 2 N–H and O–H groups in total. The van der Waals surface area contributed by atoms with E-state index in [1.54, 1.807) is 37.1 Å². The van der Waals surface area contributed by atoms with Gasteiger partial charge in [0, 0.05) is 26.2 Å². The van der Waals surface area contributed by atoms with Crippen molar-refractivity contribution in [3.8, 4) is 5.75 Å². The van der Waals surface area contributed by atoms with Gasteiger partial charge in [-0.05, 0) is 38.8 Å². The highest BCUT2D eigenvalue weighted by Gasteiger charge is 2.24. The average molecular weight is 380 g/mol. The summed E-state index contributed by atoms with van der Waals surface area (Å²) in [6, 6.07) is 6.57. The lowest BCUT2D eigenvalue weighted by molar-refractivity contribution is 0.0963. The van der Waals surface area contributed by atoms with Gasteiger partial charge >= 0.3 is 6.09 Å². The molecule has 1 aliphatic heterocycles. The summed E-state index contributed by atoms with van der Waals surface area (Å²) >= 11 is 0. The Balaban J connectivity index is 1.73. The number of nitrogens with zero attached hydrogens (tertiary/aromatic N) is 2. The number of rotatable bonds is 6. The van der Waals surface area contributed by atoms with E-state index < -0.39 is 0 Å². The molecule has 1 aliphatic rings. The maximum absolute atomic E-state index is 13.6. The zero-order valence-electron chi connectivity index (χ0n) is 16.2. The molecule has 0 bridgehead atoms. The molecular formula is C19H29FN4O3. The number of hydrogen-bond acceptors (Lipinski definition) is 4. The van der Waals surface area contributed by atoms with Crippen molar-refractivity contribution >= 4 is 12.1 Å². The number of piperidine rings is 1. The maximum atomic E-state index is 13.6. The van der Waals surface area contributed by atoms with Crippen LogP contribution in [0.15, 0.2) is 29.3 Å². The molecule has 1 aromatic rings. The fourth-order valence-electron chi connectivity index (χ4n) is 2.85. The number of aliphatic imine (C=N–C) groups is 1. The van der Waals surface area contributed by atoms with Crippen molar-refractivity contribution in [1.82, 2.24) is 15.5 Å². The highest BCUT2D eigenvalue weighted by Crippen LogP contribution is 2.16. The summed E-state index contributed by atoms with van der Waals surface area (Å²) < 4.78 is 24.3. The summed E-state index contributed by atoms with van der Waals surface area (Å²) in [7, 11) is 1.70. The van der Waals surface area contributed by atoms with Crippen molar-refractivity contribution in [2.75, 3.05) is 33.3 Å². The number of likely N-dealkylation sites (tertiary alicyclic amines) is 1. The Morgan fingerprint density at radius 2 is 2.07 bits per heavy atom. The van der Waals surface area contributed by atoms with Gasteiger partial charge in [-0.1, -0.05) is 12.1 Å². The van der Waals surface area contributed by atoms with Crippen molar-refractivity contribution in [2.24, 2.45) is 4.99 Å². The Kier molecular flexibility index (Phi) is 8.16. The molecule has 8 heteroatoms. The van der Waals surface area contributed by atoms with E-state index in [1.807, 2.05) is 6.92 Å². The topological polar surface area (TPSA) is 75.2 Å². The lowest BCUT2D eigenvalue weighted by Gasteiger charge is -2.32. The lowest BCUT2D eigenvalue weighted by atomic mass is 10.1. The number of amides is 1. The van der Waals surface area contributed by atoms with Gasteiger partial charge < -0.3 is 25.0 Å². The van der Waals surface area contributed by atoms with Crippen LogP contribution in [-0.4, -0.2) is 62.4 Å². The number of benzene rings is 1. The number of halogens is 1. The first-order valence-corrected chi connectivity index (χ1v) is 9.33. The van der Waals surface area contributed by atoms with Crippen molar-refractivity contribution in [1.29, 1.82) is 0 Å². The van der Waals surface area contributed by atoms with E-state index in [-0.39, 0.29) is 29.8 Å². The van der Waals surface area contributed by atoms with Crippen LogP contribution < -0.4 is 15.4 Å². The molecule has 0 saturated carbocycles. The van der Waals surface area contributed by atoms with Gasteiger partial charge in [0.1, 0.15) is 6.10 Å². The Morgan fingerprint density at radius 3 is 2.70 bits per heavy atom. The minimum Gasteiger partial charge on any atom is -0.486 e. The Bertz CT molecular complexity index is 633. The van der Waals surface area contributed by atoms with Crippen molar-refractivity contribution in [3.05, 3.63) is 30.1 Å². The van der Waals surface area contributed by atoms with Crippen molar-refractivity contribution < 1.29 is 18.7 Å². The van der Waals surface area contributed by atoms with Gasteiger partial charge in [0.05, 0.1) is 13.2 Å². The molecule has 0 aromatic heterocycles. The van der Waals surface area contributed by atoms with Gasteiger partial charge in [-0.25, -0.2) is 9.18 Å². The second-order valence-electron chi connectivity index (χ2n) is 6.42. The van der Waals surface area contributed by atoms with Crippen molar-refractivity contribution in [2.45, 2.75) is 38.8 Å². The third kappa shape index (κ3) is 6.62. The predicted molar refractivity (Wildman–Crippen MR) is 103 cm³/mol. The van der Waals surface area contributed by atoms with Crippen LogP contribution in [0.3, 0.4) is 0 Å². The second-order valence-corrected chi connectivity index (χ2v) is 6.42. The van der Waals surface area contributed by atoms with Crippen LogP contribution in [0.2, 0.25) is 0 Å². The number of guanidine groups is 1. The molecule has 0 radical (unpaired) electrons. The normalized spacial score (nSPS) is 16.6. The molecule has 1 aromatic carbocycles. The molecule has 1 saturated heterocycles. The van der Waals surface area contributed by atoms with E-state index in [0.717, 1.165) is 12.8 Å². The summed E-state index contributed by atoms with van der Waals surface area (Å²) in [5, 5.41) is 6.55. The van der Waals surface area contributed by atoms with Crippen LogP contribution in [0.1, 0.15) is 26.7 Å². The quantitative estimate of drug-likeness (QED) is 0.585. The first-order valence-electron chi connectivity index (χ1n) is 9.33. The van der Waals surface area contributed by atoms with Crippen LogP contribution in [0.4, 0.5) is 9.18 Å². The van der Waals surface area contributed by atoms with Gasteiger partial charge in [-0.2, -0.15) is 0 Å². The van der Waals surface area contributed by atoms with Gasteiger partial charge in [0.2, 0.25) is 0 Å². The fourth-order valence-corrected chi connectivity index (χ4v) is 2.85. The van der Waals surface area contributed by atoms with Crippen LogP contribution in [-0.2, 0) is 4.74 Å². The number of ether oxygens (including phenoxy) is 2. The zero-order valence-corrected chi connectivity index (χ0v) is 16.2. The van der Waals surface area contributed by atoms with E-state index >= 15 is 0 Å². The van der Waals surface area contributed by atoms with Crippen LogP contribution >= 0.6 is 0 Å². The van der Waals surface area contributed by atoms with E-state index in [0.29, 0.717) is 32.2 Å². The first-order chi connectivity index (χ1) is 13.0. The molecule has 0 aliphatic carbocycles. The number of hydrogen-bond donors (Lipinski definition) is 2. The molecule has 0 spiro atoms. The van der Waals surface area contributed by atoms with E-state index in [2.05, 4.69) is 15.6 Å². The van der Waals surface area contributed by atoms with Crippen molar-refractivity contribution in [3.63, 3.8) is 0 Å². The number of carbonyl (C=O) groups is 1. The third-order valence-electron chi connectivity index (χ3n) is 4.31. The highest BCUT2D eigenvalue weighted by molar-refractivity contribution is 5.80. The van der Waals surface area contributed by atoms with E-state index in [9.17, 15) is 9.18 Å². The fraction of sp³-hybridized carbons (Fsp3) is 0.579. The molecule has 27 heavy (non-hydrogen) atoms. The number of carbonyl (C=O) groups excluding carboxylic acids is 1. The third-order valence-corrected chi connectivity index (χ3v) is 4.31. The number of para-hydroxylation sites is 1. The van der Waals surface area contributed by atoms with E-state index in [4.69, 9.17) is 9.47 Å². The summed E-state index contributed by atoms with van der Waals surface area (Å²) in [6.45, 7) is 5.85. The van der Waals surface area contributed by atoms with Gasteiger partial charge in [-0.3, -0.25) is 4.99 Å². The van der Waals surface area contributed by atoms with Crippen LogP contribution in [0, 0.1) is 5.82 Å². The molecule has 1 amide bonds. The standard InChI is InChI=1S/C19H29FN4O3/c1-4-26-19(25)24-11-9-15(10-12-24)23-18(21-3)22-13-14(2)27-17-8-6-5-7-16(17)20/h5-8,14-15H,4,9-13H2,1-3H3,(H2,21,22,23). The molecular weight excluding hydrogens is 351 g/mol. The van der Waals surface area contributed by atoms with Crippen LogP contribution in [0.5, 0.6) is 5.75 Å². The molecule has 7 nitrogen and oxygen atoms in total. The lowest BCUT2D eigenvalue weighted by Crippen LogP contribution is -2.50. The minimum absolute atomic E-state index is 0.227. The molecule has 1 fully saturated rings. The summed E-state index contributed by atoms with van der Waals surface area (Å²) in [5.74, 6) is 0.523. The summed E-state index contributed by atoms with van der Waals surface area (Å²) in [6.07, 6.45) is 1.16. The van der Waals surface area contributed by atoms with Gasteiger partial charge in [0.15, 0.2) is 17.5 Å². The summed E-state index contributed by atoms with van der Waals surface area (Å²) in [4.78, 5) is 17.7. The SMILES string of the molecule is CCOC(=O)N1CCC(NC(=NC)NCC(C)Oc2ccccc2F)CC1. The van der Waals surface area contributed by atoms with Crippen LogP contribution in [0.25, 0.3) is 0 Å². The Labute approximate surface area is 159 Å². The summed E-state index contributed by atoms with van der Waals surface area (Å²) in [5.41, 5.74) is 0. The molecule has 2 rings (SSSR count). The molecule has 1 unspecified atom stereocenters. The zero-order chi connectivity index (χ0) is 19.6. The monoisotopic (exact) mass is 380 g/mol. The maximum Gasteiger partial charge on any atom is 0.409 e. The predicted octanol–water partition coefficient (Wildman–Crippen LogP) is 2.38. The average Bonchev–Trinajstić information content (AvgIpc) is 2.67. The molecule has 1 atom stereocenters. The van der Waals surface area contributed by atoms with E-state index in [1.165, 1.54) is 6.07 Å². The Morgan fingerprint density at radius 1 is 1.37 bits per heavy atom. The minimum atomic E-state index is -0.375. The van der Waals surface area contributed by atoms with Gasteiger partial charge in [0.25, 0.3) is 0 Å². The largest absolute Gasteiger partial charge is 0.486 e. The smallest absolute Gasteiger partial charge is 0.409 e. The Hall–Kier alpha value is -2.51. The van der Waals surface area contributed by atoms with Gasteiger partial charge in [-0.15, -0.1) is 0 Å². The second kappa shape index (κ2) is 10.6.